The first kappa shape index (κ1) is 16.8. The van der Waals surface area contributed by atoms with Gasteiger partial charge in [0.15, 0.2) is 0 Å². The van der Waals surface area contributed by atoms with E-state index in [-0.39, 0.29) is 18.6 Å². The summed E-state index contributed by atoms with van der Waals surface area (Å²) in [5.41, 5.74) is -0.505. The van der Waals surface area contributed by atoms with E-state index in [0.717, 1.165) is 19.3 Å². The highest BCUT2D eigenvalue weighted by molar-refractivity contribution is 5.81. The average molecular weight is 284 g/mol. The zero-order chi connectivity index (χ0) is 15.5. The lowest BCUT2D eigenvalue weighted by Crippen LogP contribution is -2.54. The number of carboxylic acid groups (broad SMARTS) is 1. The minimum atomic E-state index is -0.985. The molecule has 0 spiro atoms. The highest BCUT2D eigenvalue weighted by atomic mass is 16.4. The van der Waals surface area contributed by atoms with Gasteiger partial charge < -0.3 is 15.3 Å². The van der Waals surface area contributed by atoms with E-state index in [1.165, 1.54) is 4.90 Å². The third kappa shape index (κ3) is 4.12. The van der Waals surface area contributed by atoms with Crippen molar-refractivity contribution >= 4 is 12.0 Å². The van der Waals surface area contributed by atoms with Gasteiger partial charge >= 0.3 is 12.0 Å². The molecule has 20 heavy (non-hydrogen) atoms. The Hall–Kier alpha value is -1.26. The van der Waals surface area contributed by atoms with Gasteiger partial charge in [0.05, 0.1) is 0 Å². The predicted octanol–water partition coefficient (Wildman–Crippen LogP) is 2.71. The van der Waals surface area contributed by atoms with Crippen LogP contribution in [0.15, 0.2) is 0 Å². The van der Waals surface area contributed by atoms with Crippen LogP contribution in [0.5, 0.6) is 0 Å². The van der Waals surface area contributed by atoms with Crippen molar-refractivity contribution in [2.24, 2.45) is 11.8 Å². The fraction of sp³-hybridized carbons (Fsp3) is 0.867. The second kappa shape index (κ2) is 6.46. The van der Waals surface area contributed by atoms with Crippen LogP contribution in [-0.2, 0) is 4.79 Å². The molecule has 2 N–H and O–H groups in total. The summed E-state index contributed by atoms with van der Waals surface area (Å²) in [5.74, 6) is 0.124. The molecule has 1 aliphatic rings. The molecule has 5 nitrogen and oxygen atoms in total. The van der Waals surface area contributed by atoms with Crippen molar-refractivity contribution < 1.29 is 14.7 Å². The number of carbonyl (C=O) groups is 2. The van der Waals surface area contributed by atoms with Crippen LogP contribution in [0.3, 0.4) is 0 Å². The van der Waals surface area contributed by atoms with Crippen LogP contribution in [0.1, 0.15) is 53.9 Å². The Kier molecular flexibility index (Phi) is 5.42. The van der Waals surface area contributed by atoms with E-state index < -0.39 is 11.5 Å². The molecule has 0 heterocycles. The maximum atomic E-state index is 12.4. The first-order chi connectivity index (χ1) is 9.16. The maximum Gasteiger partial charge on any atom is 0.323 e. The van der Waals surface area contributed by atoms with Crippen molar-refractivity contribution in [3.63, 3.8) is 0 Å². The molecule has 3 unspecified atom stereocenters. The number of rotatable bonds is 4. The van der Waals surface area contributed by atoms with Crippen molar-refractivity contribution in [2.45, 2.75) is 65.5 Å². The van der Waals surface area contributed by atoms with Gasteiger partial charge in [-0.05, 0) is 45.4 Å². The third-order valence-corrected chi connectivity index (χ3v) is 4.41. The fourth-order valence-electron chi connectivity index (χ4n) is 3.01. The van der Waals surface area contributed by atoms with Crippen molar-refractivity contribution in [3.8, 4) is 0 Å². The van der Waals surface area contributed by atoms with Crippen LogP contribution in [0.4, 0.5) is 4.79 Å². The molecule has 0 aromatic rings. The third-order valence-electron chi connectivity index (χ3n) is 4.41. The zero-order valence-electron chi connectivity index (χ0n) is 13.3. The molecule has 0 saturated heterocycles. The van der Waals surface area contributed by atoms with Crippen LogP contribution in [0.2, 0.25) is 0 Å². The first-order valence-corrected chi connectivity index (χ1v) is 7.46. The molecule has 0 aliphatic heterocycles. The van der Waals surface area contributed by atoms with Crippen molar-refractivity contribution in [3.05, 3.63) is 0 Å². The van der Waals surface area contributed by atoms with Crippen molar-refractivity contribution in [2.75, 3.05) is 6.54 Å². The lowest BCUT2D eigenvalue weighted by atomic mass is 9.93. The Bertz CT molecular complexity index is 363. The number of carboxylic acids is 1. The van der Waals surface area contributed by atoms with E-state index in [9.17, 15) is 9.59 Å². The normalized spacial score (nSPS) is 26.4. The average Bonchev–Trinajstić information content (AvgIpc) is 2.65. The number of amides is 2. The van der Waals surface area contributed by atoms with Crippen LogP contribution >= 0.6 is 0 Å². The highest BCUT2D eigenvalue weighted by Gasteiger charge is 2.35. The van der Waals surface area contributed by atoms with Gasteiger partial charge in [-0.25, -0.2) is 4.79 Å². The van der Waals surface area contributed by atoms with E-state index in [1.807, 2.05) is 20.8 Å². The largest absolute Gasteiger partial charge is 0.480 e. The van der Waals surface area contributed by atoms with Gasteiger partial charge in [-0.15, -0.1) is 0 Å². The second-order valence-corrected chi connectivity index (χ2v) is 6.81. The highest BCUT2D eigenvalue weighted by Crippen LogP contribution is 2.34. The molecule has 1 rings (SSSR count). The van der Waals surface area contributed by atoms with Crippen LogP contribution in [0.25, 0.3) is 0 Å². The Morgan fingerprint density at radius 1 is 1.30 bits per heavy atom. The smallest absolute Gasteiger partial charge is 0.323 e. The summed E-state index contributed by atoms with van der Waals surface area (Å²) in [5, 5.41) is 12.0. The van der Waals surface area contributed by atoms with Gasteiger partial charge in [-0.3, -0.25) is 4.79 Å². The monoisotopic (exact) mass is 284 g/mol. The predicted molar refractivity (Wildman–Crippen MR) is 78.6 cm³/mol. The molecule has 1 aliphatic carbocycles. The molecule has 0 aromatic heterocycles. The molecule has 0 radical (unpaired) electrons. The van der Waals surface area contributed by atoms with Crippen molar-refractivity contribution in [1.82, 2.24) is 10.2 Å². The minimum absolute atomic E-state index is 0.158. The van der Waals surface area contributed by atoms with Crippen molar-refractivity contribution in [1.29, 1.82) is 0 Å². The minimum Gasteiger partial charge on any atom is -0.480 e. The van der Waals surface area contributed by atoms with E-state index in [1.54, 1.807) is 0 Å². The lowest BCUT2D eigenvalue weighted by Gasteiger charge is -2.36. The van der Waals surface area contributed by atoms with Crippen LogP contribution in [0, 0.1) is 11.8 Å². The Labute approximate surface area is 121 Å². The molecule has 1 fully saturated rings. The van der Waals surface area contributed by atoms with E-state index in [4.69, 9.17) is 5.11 Å². The van der Waals surface area contributed by atoms with E-state index in [2.05, 4.69) is 19.2 Å². The van der Waals surface area contributed by atoms with Gasteiger partial charge in [-0.2, -0.15) is 0 Å². The number of nitrogens with zero attached hydrogens (tertiary/aromatic N) is 1. The quantitative estimate of drug-likeness (QED) is 0.834. The summed E-state index contributed by atoms with van der Waals surface area (Å²) in [4.78, 5) is 24.7. The van der Waals surface area contributed by atoms with Crippen LogP contribution in [-0.4, -0.2) is 40.1 Å². The Balaban J connectivity index is 2.70. The Morgan fingerprint density at radius 2 is 1.90 bits per heavy atom. The standard InChI is InChI=1S/C15H28N2O3/c1-6-11-7-8-12(10(11)2)16-14(20)17(9-13(18)19)15(3,4)5/h10-12H,6-9H2,1-5H3,(H,16,20)(H,18,19). The molecule has 3 atom stereocenters. The molecular formula is C15H28N2O3. The van der Waals surface area contributed by atoms with Crippen LogP contribution < -0.4 is 5.32 Å². The maximum absolute atomic E-state index is 12.4. The second-order valence-electron chi connectivity index (χ2n) is 6.81. The number of nitrogens with one attached hydrogen (secondary N) is 1. The summed E-state index contributed by atoms with van der Waals surface area (Å²) in [6.45, 7) is 9.63. The SMILES string of the molecule is CCC1CCC(NC(=O)N(CC(=O)O)C(C)(C)C)C1C. The van der Waals surface area contributed by atoms with E-state index in [0.29, 0.717) is 11.8 Å². The topological polar surface area (TPSA) is 69.6 Å². The number of hydrogen-bond acceptors (Lipinski definition) is 2. The zero-order valence-corrected chi connectivity index (χ0v) is 13.3. The van der Waals surface area contributed by atoms with Gasteiger partial charge in [0, 0.05) is 11.6 Å². The van der Waals surface area contributed by atoms with Gasteiger partial charge in [0.25, 0.3) is 0 Å². The molecule has 1 saturated carbocycles. The molecule has 2 amide bonds. The first-order valence-electron chi connectivity index (χ1n) is 7.46. The lowest BCUT2D eigenvalue weighted by molar-refractivity contribution is -0.138. The van der Waals surface area contributed by atoms with Gasteiger partial charge in [0.1, 0.15) is 6.54 Å². The number of urea groups is 1. The molecule has 0 aromatic carbocycles. The number of carbonyl (C=O) groups excluding carboxylic acids is 1. The summed E-state index contributed by atoms with van der Waals surface area (Å²) in [6.07, 6.45) is 3.25. The molecular weight excluding hydrogens is 256 g/mol. The molecule has 116 valence electrons. The van der Waals surface area contributed by atoms with E-state index >= 15 is 0 Å². The molecule has 0 bridgehead atoms. The fourth-order valence-corrected chi connectivity index (χ4v) is 3.01. The summed E-state index contributed by atoms with van der Waals surface area (Å²) < 4.78 is 0. The number of aliphatic carboxylic acids is 1. The Morgan fingerprint density at radius 3 is 2.30 bits per heavy atom. The molecule has 5 heteroatoms. The number of hydrogen-bond donors (Lipinski definition) is 2. The van der Waals surface area contributed by atoms with Gasteiger partial charge in [-0.1, -0.05) is 20.3 Å². The van der Waals surface area contributed by atoms with Gasteiger partial charge in [0.2, 0.25) is 0 Å². The summed E-state index contributed by atoms with van der Waals surface area (Å²) in [7, 11) is 0. The summed E-state index contributed by atoms with van der Waals surface area (Å²) >= 11 is 0. The summed E-state index contributed by atoms with van der Waals surface area (Å²) in [6, 6.07) is -0.111.